The first kappa shape index (κ1) is 20.5. The summed E-state index contributed by atoms with van der Waals surface area (Å²) in [7, 11) is 1.25. The molecule has 1 fully saturated rings. The summed E-state index contributed by atoms with van der Waals surface area (Å²) in [6.07, 6.45) is -1.06. The van der Waals surface area contributed by atoms with Gasteiger partial charge >= 0.3 is 12.1 Å². The number of hydrogen-bond donors (Lipinski definition) is 3. The van der Waals surface area contributed by atoms with Crippen molar-refractivity contribution in [2.24, 2.45) is 10.9 Å². The number of carboxylic acid groups (broad SMARTS) is 1. The van der Waals surface area contributed by atoms with Gasteiger partial charge in [0, 0.05) is 16.7 Å². The minimum Gasteiger partial charge on any atom is -0.477 e. The molecule has 29 heavy (non-hydrogen) atoms. The zero-order valence-electron chi connectivity index (χ0n) is 14.7. The number of amides is 3. The Balaban J connectivity index is 1.77. The van der Waals surface area contributed by atoms with Crippen molar-refractivity contribution >= 4 is 52.9 Å². The van der Waals surface area contributed by atoms with Crippen molar-refractivity contribution < 1.29 is 33.9 Å². The van der Waals surface area contributed by atoms with E-state index in [-0.39, 0.29) is 35.0 Å². The van der Waals surface area contributed by atoms with Crippen LogP contribution in [0.3, 0.4) is 0 Å². The van der Waals surface area contributed by atoms with Crippen molar-refractivity contribution in [1.29, 1.82) is 0 Å². The maximum absolute atomic E-state index is 12.6. The van der Waals surface area contributed by atoms with Gasteiger partial charge in [0.2, 0.25) is 0 Å². The molecular formula is C14H14N6O7S2. The summed E-state index contributed by atoms with van der Waals surface area (Å²) >= 11 is 2.22. The molecule has 3 amide bonds. The number of hydrogen-bond acceptors (Lipinski definition) is 11. The van der Waals surface area contributed by atoms with Gasteiger partial charge < -0.3 is 25.7 Å². The topological polar surface area (TPSA) is 186 Å². The molecule has 1 aromatic rings. The third kappa shape index (κ3) is 4.00. The predicted molar refractivity (Wildman–Crippen MR) is 98.7 cm³/mol. The summed E-state index contributed by atoms with van der Waals surface area (Å²) in [6.45, 7) is -0.348. The Morgan fingerprint density at radius 3 is 2.83 bits per heavy atom. The van der Waals surface area contributed by atoms with Crippen LogP contribution in [0.1, 0.15) is 5.69 Å². The summed E-state index contributed by atoms with van der Waals surface area (Å²) in [4.78, 5) is 53.3. The minimum absolute atomic E-state index is 0.169. The lowest BCUT2D eigenvalue weighted by Crippen LogP contribution is -2.71. The van der Waals surface area contributed by atoms with E-state index in [1.807, 2.05) is 0 Å². The van der Waals surface area contributed by atoms with Crippen molar-refractivity contribution in [3.63, 3.8) is 0 Å². The number of β-lactam (4-membered cyclic amide) rings is 1. The van der Waals surface area contributed by atoms with Gasteiger partial charge in [-0.3, -0.25) is 14.5 Å². The number of aromatic nitrogens is 2. The van der Waals surface area contributed by atoms with E-state index in [1.54, 1.807) is 0 Å². The second kappa shape index (κ2) is 8.44. The predicted octanol–water partition coefficient (Wildman–Crippen LogP) is -1.28. The highest BCUT2D eigenvalue weighted by Crippen LogP contribution is 2.40. The second-order valence-corrected chi connectivity index (χ2v) is 7.35. The van der Waals surface area contributed by atoms with E-state index in [1.165, 1.54) is 24.3 Å². The first-order chi connectivity index (χ1) is 13.8. The van der Waals surface area contributed by atoms with E-state index in [4.69, 9.17) is 5.73 Å². The lowest BCUT2D eigenvalue weighted by atomic mass is 10.0. The summed E-state index contributed by atoms with van der Waals surface area (Å²) in [6, 6.07) is -0.978. The summed E-state index contributed by atoms with van der Waals surface area (Å²) in [5.41, 5.74) is 4.85. The Hall–Kier alpha value is -3.20. The first-order valence-corrected chi connectivity index (χ1v) is 9.75. The molecule has 0 radical (unpaired) electrons. The van der Waals surface area contributed by atoms with Crippen LogP contribution in [-0.2, 0) is 24.0 Å². The fraction of sp³-hybridized carbons (Fsp3) is 0.357. The Kier molecular flexibility index (Phi) is 5.97. The van der Waals surface area contributed by atoms with Gasteiger partial charge in [-0.25, -0.2) is 9.59 Å². The number of oxime groups is 1. The van der Waals surface area contributed by atoms with Crippen LogP contribution in [0.2, 0.25) is 0 Å². The fourth-order valence-corrected chi connectivity index (χ4v) is 4.49. The number of aliphatic carboxylic acids is 1. The molecule has 1 unspecified atom stereocenters. The van der Waals surface area contributed by atoms with Crippen LogP contribution in [0.5, 0.6) is 0 Å². The number of rotatable bonds is 7. The Morgan fingerprint density at radius 1 is 1.48 bits per heavy atom. The highest BCUT2D eigenvalue weighted by atomic mass is 32.2. The molecule has 154 valence electrons. The number of nitrogens with one attached hydrogen (secondary N) is 1. The number of thioether (sulfide) groups is 1. The molecule has 13 nitrogen and oxygen atoms in total. The average molecular weight is 442 g/mol. The number of carboxylic acids is 1. The third-order valence-corrected chi connectivity index (χ3v) is 5.77. The van der Waals surface area contributed by atoms with Crippen LogP contribution in [0, 0.1) is 0 Å². The van der Waals surface area contributed by atoms with Crippen LogP contribution in [-0.4, -0.2) is 80.1 Å². The summed E-state index contributed by atoms with van der Waals surface area (Å²) in [5, 5.41) is 20.2. The molecule has 3 rings (SSSR count). The quantitative estimate of drug-likeness (QED) is 0.261. The van der Waals surface area contributed by atoms with Crippen LogP contribution < -0.4 is 11.1 Å². The molecule has 4 N–H and O–H groups in total. The van der Waals surface area contributed by atoms with E-state index in [9.17, 15) is 24.3 Å². The number of ether oxygens (including phenoxy) is 1. The van der Waals surface area contributed by atoms with Gasteiger partial charge in [0.05, 0.1) is 0 Å². The van der Waals surface area contributed by atoms with Gasteiger partial charge in [0.1, 0.15) is 36.5 Å². The molecule has 2 aliphatic heterocycles. The molecular weight excluding hydrogens is 428 g/mol. The Bertz CT molecular complexity index is 916. The molecule has 0 aliphatic carbocycles. The molecule has 2 atom stereocenters. The van der Waals surface area contributed by atoms with Crippen molar-refractivity contribution in [2.75, 3.05) is 19.5 Å². The molecule has 0 aromatic carbocycles. The lowest BCUT2D eigenvalue weighted by molar-refractivity contribution is -0.150. The molecule has 0 bridgehead atoms. The highest BCUT2D eigenvalue weighted by molar-refractivity contribution is 8.00. The van der Waals surface area contributed by atoms with Gasteiger partial charge in [-0.1, -0.05) is 9.64 Å². The van der Waals surface area contributed by atoms with Gasteiger partial charge in [0.15, 0.2) is 5.71 Å². The zero-order valence-corrected chi connectivity index (χ0v) is 16.4. The summed E-state index contributed by atoms with van der Waals surface area (Å²) in [5.74, 6) is -2.53. The van der Waals surface area contributed by atoms with Crippen molar-refractivity contribution in [1.82, 2.24) is 19.8 Å². The monoisotopic (exact) mass is 442 g/mol. The van der Waals surface area contributed by atoms with Crippen LogP contribution in [0.4, 0.5) is 4.79 Å². The minimum atomic E-state index is -1.35. The molecule has 1 saturated heterocycles. The first-order valence-electron chi connectivity index (χ1n) is 7.86. The smallest absolute Gasteiger partial charge is 0.404 e. The molecule has 0 saturated carbocycles. The standard InChI is InChI=1S/C14H14N6O7S2/c1-26-18-7(6-4-29-19-17-6)10(21)16-8-11(22)20-9(13(23)24)5(2-27-14(15)25)3-28-12(8)20/h4,8,12H,2-3H2,1H3,(H2,15,25)(H,16,21)(H,23,24)/t8?,12-/m0/s1. The number of primary amides is 1. The maximum atomic E-state index is 12.6. The normalized spacial score (nSPS) is 21.2. The van der Waals surface area contributed by atoms with E-state index < -0.39 is 35.3 Å². The number of nitrogens with two attached hydrogens (primary N) is 1. The number of carbonyl (C=O) groups excluding carboxylic acids is 3. The molecule has 15 heteroatoms. The van der Waals surface area contributed by atoms with Gasteiger partial charge in [0.25, 0.3) is 11.8 Å². The second-order valence-electron chi connectivity index (χ2n) is 5.64. The SMILES string of the molecule is CON=C(C(=O)NC1C(=O)N2C(C(=O)O)=C(COC(N)=O)CS[C@@H]12)c1csnn1. The Morgan fingerprint density at radius 2 is 2.24 bits per heavy atom. The van der Waals surface area contributed by atoms with Gasteiger partial charge in [-0.05, 0) is 11.5 Å². The van der Waals surface area contributed by atoms with Gasteiger partial charge in [-0.15, -0.1) is 16.9 Å². The van der Waals surface area contributed by atoms with Crippen molar-refractivity contribution in [3.8, 4) is 0 Å². The number of fused-ring (bicyclic) bond motifs is 1. The zero-order chi connectivity index (χ0) is 21.1. The Labute approximate surface area is 171 Å². The van der Waals surface area contributed by atoms with Crippen molar-refractivity contribution in [3.05, 3.63) is 22.3 Å². The largest absolute Gasteiger partial charge is 0.477 e. The maximum Gasteiger partial charge on any atom is 0.404 e. The fourth-order valence-electron chi connectivity index (χ4n) is 2.73. The van der Waals surface area contributed by atoms with E-state index in [0.29, 0.717) is 0 Å². The average Bonchev–Trinajstić information content (AvgIpc) is 3.21. The molecule has 0 spiro atoms. The van der Waals surface area contributed by atoms with E-state index >= 15 is 0 Å². The van der Waals surface area contributed by atoms with Crippen LogP contribution >= 0.6 is 23.3 Å². The number of nitrogens with zero attached hydrogens (tertiary/aromatic N) is 4. The highest BCUT2D eigenvalue weighted by Gasteiger charge is 2.54. The lowest BCUT2D eigenvalue weighted by Gasteiger charge is -2.49. The van der Waals surface area contributed by atoms with Crippen molar-refractivity contribution in [2.45, 2.75) is 11.4 Å². The summed E-state index contributed by atoms with van der Waals surface area (Å²) < 4.78 is 8.30. The van der Waals surface area contributed by atoms with E-state index in [2.05, 4.69) is 29.6 Å². The van der Waals surface area contributed by atoms with Crippen LogP contribution in [0.25, 0.3) is 0 Å². The van der Waals surface area contributed by atoms with Crippen LogP contribution in [0.15, 0.2) is 21.8 Å². The molecule has 1 aromatic heterocycles. The van der Waals surface area contributed by atoms with Gasteiger partial charge in [-0.2, -0.15) is 0 Å². The molecule has 3 heterocycles. The van der Waals surface area contributed by atoms with E-state index in [0.717, 1.165) is 16.4 Å². The molecule has 2 aliphatic rings. The third-order valence-electron chi connectivity index (χ3n) is 3.93. The number of carbonyl (C=O) groups is 4.